The highest BCUT2D eigenvalue weighted by molar-refractivity contribution is 5.34. The fourth-order valence-corrected chi connectivity index (χ4v) is 5.46. The summed E-state index contributed by atoms with van der Waals surface area (Å²) in [7, 11) is 0. The second-order valence-electron chi connectivity index (χ2n) is 7.64. The summed E-state index contributed by atoms with van der Waals surface area (Å²) in [5.74, 6) is 0.707. The highest BCUT2D eigenvalue weighted by Gasteiger charge is 2.86. The lowest BCUT2D eigenvalue weighted by Gasteiger charge is -2.51. The van der Waals surface area contributed by atoms with Crippen LogP contribution in [0.3, 0.4) is 0 Å². The Morgan fingerprint density at radius 3 is 2.44 bits per heavy atom. The number of ether oxygens (including phenoxy) is 2. The highest BCUT2D eigenvalue weighted by Crippen LogP contribution is 2.74. The molecule has 1 N–H and O–H groups in total. The zero-order valence-electron chi connectivity index (χ0n) is 11.8. The molecule has 4 fully saturated rings. The predicted molar refractivity (Wildman–Crippen MR) is 67.2 cm³/mol. The molecule has 0 amide bonds. The van der Waals surface area contributed by atoms with E-state index in [-0.39, 0.29) is 22.4 Å². The van der Waals surface area contributed by atoms with Gasteiger partial charge in [-0.15, -0.1) is 0 Å². The second-order valence-corrected chi connectivity index (χ2v) is 7.64. The Morgan fingerprint density at radius 2 is 1.83 bits per heavy atom. The molecule has 0 aromatic heterocycles. The van der Waals surface area contributed by atoms with Crippen molar-refractivity contribution in [1.82, 2.24) is 0 Å². The maximum absolute atomic E-state index is 11.0. The summed E-state index contributed by atoms with van der Waals surface area (Å²) in [4.78, 5) is 0. The van der Waals surface area contributed by atoms with Gasteiger partial charge < -0.3 is 14.6 Å². The Labute approximate surface area is 109 Å². The Bertz CT molecular complexity index is 422. The van der Waals surface area contributed by atoms with Gasteiger partial charge in [-0.2, -0.15) is 0 Å². The summed E-state index contributed by atoms with van der Waals surface area (Å²) < 4.78 is 12.6. The van der Waals surface area contributed by atoms with E-state index in [4.69, 9.17) is 9.47 Å². The minimum absolute atomic E-state index is 0.0856. The van der Waals surface area contributed by atoms with E-state index >= 15 is 0 Å². The third-order valence-electron chi connectivity index (χ3n) is 6.63. The number of rotatable bonds is 1. The van der Waals surface area contributed by atoms with E-state index in [1.165, 1.54) is 0 Å². The van der Waals surface area contributed by atoms with Crippen molar-refractivity contribution in [3.05, 3.63) is 0 Å². The van der Waals surface area contributed by atoms with Crippen LogP contribution in [-0.4, -0.2) is 33.6 Å². The van der Waals surface area contributed by atoms with Gasteiger partial charge in [0.2, 0.25) is 0 Å². The molecule has 18 heavy (non-hydrogen) atoms. The van der Waals surface area contributed by atoms with Crippen molar-refractivity contribution in [3.63, 3.8) is 0 Å². The van der Waals surface area contributed by atoms with Crippen LogP contribution in [0.25, 0.3) is 0 Å². The first-order valence-corrected chi connectivity index (χ1v) is 7.39. The van der Waals surface area contributed by atoms with Crippen LogP contribution in [0.4, 0.5) is 0 Å². The van der Waals surface area contributed by atoms with Gasteiger partial charge in [0, 0.05) is 5.92 Å². The Morgan fingerprint density at radius 1 is 1.11 bits per heavy atom. The number of aliphatic hydroxyl groups is 1. The van der Waals surface area contributed by atoms with E-state index in [9.17, 15) is 5.11 Å². The largest absolute Gasteiger partial charge is 0.387 e. The van der Waals surface area contributed by atoms with Gasteiger partial charge in [-0.25, -0.2) is 0 Å². The lowest BCUT2D eigenvalue weighted by molar-refractivity contribution is -0.256. The van der Waals surface area contributed by atoms with Crippen molar-refractivity contribution in [2.24, 2.45) is 11.8 Å². The van der Waals surface area contributed by atoms with Crippen LogP contribution in [0.1, 0.15) is 53.4 Å². The summed E-state index contributed by atoms with van der Waals surface area (Å²) >= 11 is 0. The van der Waals surface area contributed by atoms with Gasteiger partial charge in [-0.1, -0.05) is 13.8 Å². The first-order chi connectivity index (χ1) is 8.31. The molecule has 3 heterocycles. The lowest BCUT2D eigenvalue weighted by Crippen LogP contribution is -2.65. The number of epoxide rings is 1. The smallest absolute Gasteiger partial charge is 0.132 e. The van der Waals surface area contributed by atoms with Crippen LogP contribution in [-0.2, 0) is 9.47 Å². The molecule has 3 nitrogen and oxygen atoms in total. The molecule has 3 saturated heterocycles. The molecular weight excluding hydrogens is 228 g/mol. The van der Waals surface area contributed by atoms with E-state index in [0.29, 0.717) is 11.8 Å². The topological polar surface area (TPSA) is 42.0 Å². The number of hydrogen-bond donors (Lipinski definition) is 1. The molecule has 0 radical (unpaired) electrons. The molecule has 2 bridgehead atoms. The van der Waals surface area contributed by atoms with Crippen LogP contribution >= 0.6 is 0 Å². The molecule has 4 rings (SSSR count). The van der Waals surface area contributed by atoms with Crippen LogP contribution in [0.15, 0.2) is 0 Å². The molecule has 1 saturated carbocycles. The van der Waals surface area contributed by atoms with Crippen molar-refractivity contribution >= 4 is 0 Å². The van der Waals surface area contributed by atoms with Gasteiger partial charge >= 0.3 is 0 Å². The molecule has 0 aromatic rings. The van der Waals surface area contributed by atoms with E-state index in [0.717, 1.165) is 25.7 Å². The van der Waals surface area contributed by atoms with Crippen molar-refractivity contribution in [2.75, 3.05) is 0 Å². The maximum Gasteiger partial charge on any atom is 0.132 e. The summed E-state index contributed by atoms with van der Waals surface area (Å²) in [6.45, 7) is 8.75. The minimum Gasteiger partial charge on any atom is -0.387 e. The van der Waals surface area contributed by atoms with Crippen LogP contribution < -0.4 is 0 Å². The minimum atomic E-state index is -0.460. The zero-order chi connectivity index (χ0) is 13.0. The maximum atomic E-state index is 11.0. The standard InChI is InChI=1S/C15H24O3/c1-9(2)14-8-7-12(3,17-14)10-5-6-13(4)15(10,18-13)11(14)16/h9-11,16H,5-8H2,1-4H3/t10-,11+,12+,13-,14+,15?/m0/s1. The molecule has 1 aliphatic carbocycles. The van der Waals surface area contributed by atoms with Crippen LogP contribution in [0.5, 0.6) is 0 Å². The van der Waals surface area contributed by atoms with E-state index < -0.39 is 6.10 Å². The molecule has 102 valence electrons. The first kappa shape index (κ1) is 11.7. The summed E-state index contributed by atoms with van der Waals surface area (Å²) in [6, 6.07) is 0. The monoisotopic (exact) mass is 252 g/mol. The lowest BCUT2D eigenvalue weighted by atomic mass is 9.69. The second kappa shape index (κ2) is 2.82. The molecule has 4 aliphatic rings. The van der Waals surface area contributed by atoms with Crippen molar-refractivity contribution in [2.45, 2.75) is 81.9 Å². The quantitative estimate of drug-likeness (QED) is 0.728. The van der Waals surface area contributed by atoms with Gasteiger partial charge in [-0.3, -0.25) is 0 Å². The summed E-state index contributed by atoms with van der Waals surface area (Å²) in [6.07, 6.45) is 3.78. The van der Waals surface area contributed by atoms with Crippen LogP contribution in [0, 0.1) is 11.8 Å². The van der Waals surface area contributed by atoms with E-state index in [1.807, 2.05) is 0 Å². The van der Waals surface area contributed by atoms with Crippen LogP contribution in [0.2, 0.25) is 0 Å². The normalized spacial score (nSPS) is 65.0. The van der Waals surface area contributed by atoms with Gasteiger partial charge in [0.25, 0.3) is 0 Å². The van der Waals surface area contributed by atoms with E-state index in [1.54, 1.807) is 0 Å². The van der Waals surface area contributed by atoms with Crippen molar-refractivity contribution in [3.8, 4) is 0 Å². The van der Waals surface area contributed by atoms with Gasteiger partial charge in [-0.05, 0) is 45.4 Å². The SMILES string of the molecule is CC(C)[C@@]12CC[C@@](C)(O1)[C@@H]1CC[C@]3(C)OC13[C@@H]2O. The fourth-order valence-electron chi connectivity index (χ4n) is 5.46. The molecule has 3 aliphatic heterocycles. The predicted octanol–water partition coefficient (Wildman–Crippen LogP) is 2.26. The number of aliphatic hydroxyl groups excluding tert-OH is 1. The Kier molecular flexibility index (Phi) is 1.83. The Hall–Kier alpha value is -0.120. The third kappa shape index (κ3) is 0.918. The first-order valence-electron chi connectivity index (χ1n) is 7.39. The molecule has 6 atom stereocenters. The molecule has 3 heteroatoms. The van der Waals surface area contributed by atoms with E-state index in [2.05, 4.69) is 27.7 Å². The average molecular weight is 252 g/mol. The molecule has 0 aromatic carbocycles. The third-order valence-corrected chi connectivity index (χ3v) is 6.63. The molecule has 1 spiro atoms. The molecule has 1 unspecified atom stereocenters. The van der Waals surface area contributed by atoms with Crippen molar-refractivity contribution in [1.29, 1.82) is 0 Å². The zero-order valence-corrected chi connectivity index (χ0v) is 11.8. The highest BCUT2D eigenvalue weighted by atomic mass is 16.7. The van der Waals surface area contributed by atoms with Gasteiger partial charge in [0.15, 0.2) is 0 Å². The van der Waals surface area contributed by atoms with Gasteiger partial charge in [0.05, 0.1) is 11.2 Å². The number of hydrogen-bond acceptors (Lipinski definition) is 3. The fraction of sp³-hybridized carbons (Fsp3) is 1.00. The summed E-state index contributed by atoms with van der Waals surface area (Å²) in [5.41, 5.74) is -0.863. The number of fused-ring (bicyclic) bond motifs is 3. The van der Waals surface area contributed by atoms with Crippen molar-refractivity contribution < 1.29 is 14.6 Å². The summed E-state index contributed by atoms with van der Waals surface area (Å²) in [5, 5.41) is 11.0. The van der Waals surface area contributed by atoms with Gasteiger partial charge in [0.1, 0.15) is 17.3 Å². The Balaban J connectivity index is 1.86. The average Bonchev–Trinajstić information content (AvgIpc) is 2.64. The molecular formula is C15H24O3.